The molecule has 21 heavy (non-hydrogen) atoms. The van der Waals surface area contributed by atoms with Gasteiger partial charge in [0.2, 0.25) is 5.91 Å². The standard InChI is InChI=1S/C16H14N2O2S/c1-12(19)18(15(20)13-8-4-2-5-9-13)16(21)17-14-10-6-3-7-11-14/h2-11H,1H3,(H,17,21). The second-order valence-corrected chi connectivity index (χ2v) is 4.71. The van der Waals surface area contributed by atoms with E-state index in [1.54, 1.807) is 42.5 Å². The topological polar surface area (TPSA) is 49.4 Å². The predicted molar refractivity (Wildman–Crippen MR) is 86.0 cm³/mol. The summed E-state index contributed by atoms with van der Waals surface area (Å²) in [6.45, 7) is 1.31. The van der Waals surface area contributed by atoms with E-state index >= 15 is 0 Å². The van der Waals surface area contributed by atoms with Crippen molar-refractivity contribution in [1.82, 2.24) is 4.90 Å². The summed E-state index contributed by atoms with van der Waals surface area (Å²) in [4.78, 5) is 25.1. The first kappa shape index (κ1) is 14.9. The molecule has 2 rings (SSSR count). The normalized spacial score (nSPS) is 9.76. The van der Waals surface area contributed by atoms with Crippen molar-refractivity contribution in [3.63, 3.8) is 0 Å². The number of nitrogens with one attached hydrogen (secondary N) is 1. The third-order valence-electron chi connectivity index (χ3n) is 2.77. The van der Waals surface area contributed by atoms with Crippen LogP contribution in [-0.4, -0.2) is 21.8 Å². The maximum absolute atomic E-state index is 12.4. The monoisotopic (exact) mass is 298 g/mol. The Morgan fingerprint density at radius 2 is 1.48 bits per heavy atom. The highest BCUT2D eigenvalue weighted by atomic mass is 32.1. The molecule has 0 aliphatic heterocycles. The van der Waals surface area contributed by atoms with Crippen LogP contribution in [0.2, 0.25) is 0 Å². The highest BCUT2D eigenvalue weighted by Crippen LogP contribution is 2.10. The Hall–Kier alpha value is -2.53. The van der Waals surface area contributed by atoms with Crippen LogP contribution in [0.25, 0.3) is 0 Å². The molecule has 0 heterocycles. The fourth-order valence-corrected chi connectivity index (χ4v) is 2.12. The lowest BCUT2D eigenvalue weighted by atomic mass is 10.2. The minimum atomic E-state index is -0.448. The zero-order valence-corrected chi connectivity index (χ0v) is 12.3. The highest BCUT2D eigenvalue weighted by molar-refractivity contribution is 7.80. The quantitative estimate of drug-likeness (QED) is 0.866. The second kappa shape index (κ2) is 6.76. The van der Waals surface area contributed by atoms with Gasteiger partial charge >= 0.3 is 0 Å². The van der Waals surface area contributed by atoms with E-state index in [9.17, 15) is 9.59 Å². The molecule has 0 saturated heterocycles. The molecule has 2 amide bonds. The van der Waals surface area contributed by atoms with Crippen molar-refractivity contribution in [2.45, 2.75) is 6.92 Å². The van der Waals surface area contributed by atoms with Crippen molar-refractivity contribution in [1.29, 1.82) is 0 Å². The molecule has 4 nitrogen and oxygen atoms in total. The van der Waals surface area contributed by atoms with E-state index in [1.807, 2.05) is 18.2 Å². The average Bonchev–Trinajstić information content (AvgIpc) is 2.49. The van der Waals surface area contributed by atoms with Gasteiger partial charge in [0, 0.05) is 18.2 Å². The van der Waals surface area contributed by atoms with E-state index in [-0.39, 0.29) is 5.11 Å². The number of amides is 2. The van der Waals surface area contributed by atoms with Crippen LogP contribution in [0.5, 0.6) is 0 Å². The lowest BCUT2D eigenvalue weighted by Crippen LogP contribution is -2.43. The van der Waals surface area contributed by atoms with Gasteiger partial charge in [0.25, 0.3) is 5.91 Å². The van der Waals surface area contributed by atoms with Gasteiger partial charge in [0.1, 0.15) is 0 Å². The summed E-state index contributed by atoms with van der Waals surface area (Å²) in [5.74, 6) is -0.881. The lowest BCUT2D eigenvalue weighted by molar-refractivity contribution is -0.123. The number of rotatable bonds is 2. The van der Waals surface area contributed by atoms with Crippen molar-refractivity contribution in [2.75, 3.05) is 5.32 Å². The van der Waals surface area contributed by atoms with Crippen LogP contribution in [0.4, 0.5) is 5.69 Å². The van der Waals surface area contributed by atoms with Crippen molar-refractivity contribution >= 4 is 34.8 Å². The molecule has 1 N–H and O–H groups in total. The Kier molecular flexibility index (Phi) is 4.79. The van der Waals surface area contributed by atoms with Gasteiger partial charge in [-0.3, -0.25) is 9.59 Å². The summed E-state index contributed by atoms with van der Waals surface area (Å²) in [6.07, 6.45) is 0. The van der Waals surface area contributed by atoms with E-state index < -0.39 is 11.8 Å². The summed E-state index contributed by atoms with van der Waals surface area (Å²) in [7, 11) is 0. The van der Waals surface area contributed by atoms with Gasteiger partial charge in [-0.05, 0) is 36.5 Å². The van der Waals surface area contributed by atoms with Crippen LogP contribution in [0.15, 0.2) is 60.7 Å². The minimum Gasteiger partial charge on any atom is -0.332 e. The first-order chi connectivity index (χ1) is 10.1. The summed E-state index contributed by atoms with van der Waals surface area (Å²) >= 11 is 5.18. The molecule has 0 bridgehead atoms. The third kappa shape index (κ3) is 3.73. The third-order valence-corrected chi connectivity index (χ3v) is 3.05. The maximum atomic E-state index is 12.4. The number of para-hydroxylation sites is 1. The Labute approximate surface area is 128 Å². The van der Waals surface area contributed by atoms with E-state index in [4.69, 9.17) is 12.2 Å². The van der Waals surface area contributed by atoms with Crippen LogP contribution in [0.3, 0.4) is 0 Å². The first-order valence-electron chi connectivity index (χ1n) is 6.35. The molecule has 0 aliphatic rings. The SMILES string of the molecule is CC(=O)N(C(=O)c1ccccc1)C(=S)Nc1ccccc1. The Balaban J connectivity index is 2.21. The number of anilines is 1. The number of hydrogen-bond acceptors (Lipinski definition) is 3. The summed E-state index contributed by atoms with van der Waals surface area (Å²) < 4.78 is 0. The highest BCUT2D eigenvalue weighted by Gasteiger charge is 2.23. The molecule has 2 aromatic carbocycles. The number of hydrogen-bond donors (Lipinski definition) is 1. The zero-order chi connectivity index (χ0) is 15.2. The Morgan fingerprint density at radius 1 is 0.952 bits per heavy atom. The number of nitrogens with zero attached hydrogens (tertiary/aromatic N) is 1. The molecule has 0 fully saturated rings. The molecule has 5 heteroatoms. The summed E-state index contributed by atoms with van der Waals surface area (Å²) in [6, 6.07) is 17.7. The number of carbonyl (C=O) groups excluding carboxylic acids is 2. The summed E-state index contributed by atoms with van der Waals surface area (Å²) in [5, 5.41) is 2.95. The van der Waals surface area contributed by atoms with Crippen LogP contribution < -0.4 is 5.32 Å². The van der Waals surface area contributed by atoms with Crippen molar-refractivity contribution in [2.24, 2.45) is 0 Å². The lowest BCUT2D eigenvalue weighted by Gasteiger charge is -2.20. The van der Waals surface area contributed by atoms with Crippen LogP contribution >= 0.6 is 12.2 Å². The molecule has 0 unspecified atom stereocenters. The van der Waals surface area contributed by atoms with Gasteiger partial charge in [-0.25, -0.2) is 4.90 Å². The van der Waals surface area contributed by atoms with Gasteiger partial charge < -0.3 is 5.32 Å². The molecular weight excluding hydrogens is 284 g/mol. The number of carbonyl (C=O) groups is 2. The first-order valence-corrected chi connectivity index (χ1v) is 6.76. The van der Waals surface area contributed by atoms with E-state index in [0.717, 1.165) is 10.6 Å². The van der Waals surface area contributed by atoms with Gasteiger partial charge in [-0.2, -0.15) is 0 Å². The van der Waals surface area contributed by atoms with Gasteiger partial charge in [0.15, 0.2) is 5.11 Å². The maximum Gasteiger partial charge on any atom is 0.266 e. The number of thiocarbonyl (C=S) groups is 1. The molecule has 0 radical (unpaired) electrons. The Morgan fingerprint density at radius 3 is 2.00 bits per heavy atom. The van der Waals surface area contributed by atoms with Crippen molar-refractivity contribution in [3.8, 4) is 0 Å². The van der Waals surface area contributed by atoms with Crippen LogP contribution in [0.1, 0.15) is 17.3 Å². The van der Waals surface area contributed by atoms with E-state index in [0.29, 0.717) is 5.56 Å². The molecule has 0 aliphatic carbocycles. The van der Waals surface area contributed by atoms with Gasteiger partial charge in [0.05, 0.1) is 0 Å². The number of imide groups is 1. The smallest absolute Gasteiger partial charge is 0.266 e. The van der Waals surface area contributed by atoms with Crippen LogP contribution in [0, 0.1) is 0 Å². The van der Waals surface area contributed by atoms with E-state index in [1.165, 1.54) is 6.92 Å². The average molecular weight is 298 g/mol. The second-order valence-electron chi connectivity index (χ2n) is 4.32. The fraction of sp³-hybridized carbons (Fsp3) is 0.0625. The molecule has 106 valence electrons. The molecule has 0 aromatic heterocycles. The summed E-state index contributed by atoms with van der Waals surface area (Å²) in [5.41, 5.74) is 1.12. The van der Waals surface area contributed by atoms with Gasteiger partial charge in [-0.1, -0.05) is 36.4 Å². The number of benzene rings is 2. The molecule has 2 aromatic rings. The van der Waals surface area contributed by atoms with Crippen molar-refractivity contribution in [3.05, 3.63) is 66.2 Å². The fourth-order valence-electron chi connectivity index (χ4n) is 1.79. The zero-order valence-electron chi connectivity index (χ0n) is 11.4. The molecule has 0 spiro atoms. The van der Waals surface area contributed by atoms with E-state index in [2.05, 4.69) is 5.32 Å². The molecular formula is C16H14N2O2S. The molecule has 0 atom stereocenters. The Bertz CT molecular complexity index is 656. The van der Waals surface area contributed by atoms with Gasteiger partial charge in [-0.15, -0.1) is 0 Å². The predicted octanol–water partition coefficient (Wildman–Crippen LogP) is 3.07. The largest absolute Gasteiger partial charge is 0.332 e. The van der Waals surface area contributed by atoms with Crippen molar-refractivity contribution < 1.29 is 9.59 Å². The minimum absolute atomic E-state index is 0.0579. The van der Waals surface area contributed by atoms with Crippen LogP contribution in [-0.2, 0) is 4.79 Å². The molecule has 0 saturated carbocycles.